The van der Waals surface area contributed by atoms with Crippen LogP contribution < -0.4 is 5.32 Å². The van der Waals surface area contributed by atoms with Crippen molar-refractivity contribution >= 4 is 0 Å². The smallest absolute Gasteiger partial charge is 0.0449 e. The van der Waals surface area contributed by atoms with E-state index in [4.69, 9.17) is 0 Å². The predicted octanol–water partition coefficient (Wildman–Crippen LogP) is 2.60. The topological polar surface area (TPSA) is 15.3 Å². The first-order valence-corrected chi connectivity index (χ1v) is 6.10. The average Bonchev–Trinajstić information content (AvgIpc) is 2.27. The van der Waals surface area contributed by atoms with Gasteiger partial charge in [0, 0.05) is 12.6 Å². The maximum Gasteiger partial charge on any atom is 0.0449 e. The lowest BCUT2D eigenvalue weighted by molar-refractivity contribution is 0.297. The van der Waals surface area contributed by atoms with Gasteiger partial charge >= 0.3 is 0 Å². The molecule has 0 aliphatic heterocycles. The minimum Gasteiger partial charge on any atom is -0.312 e. The van der Waals surface area contributed by atoms with Crippen LogP contribution in [-0.4, -0.2) is 32.1 Å². The summed E-state index contributed by atoms with van der Waals surface area (Å²) in [6, 6.07) is 9.04. The third-order valence-corrected chi connectivity index (χ3v) is 3.01. The molecule has 1 aromatic rings. The standard InChI is InChI=1S/C14H24N2/c1-5-10-16(4)11-14(15-3)13-9-7-6-8-12(13)2/h6-9,14-15H,5,10-11H2,1-4H3. The Morgan fingerprint density at radius 3 is 2.56 bits per heavy atom. The average molecular weight is 220 g/mol. The molecule has 1 aromatic carbocycles. The number of benzene rings is 1. The number of likely N-dealkylation sites (N-methyl/N-ethyl adjacent to an activating group) is 2. The zero-order valence-electron chi connectivity index (χ0n) is 11.0. The van der Waals surface area contributed by atoms with Gasteiger partial charge in [-0.2, -0.15) is 0 Å². The van der Waals surface area contributed by atoms with Crippen molar-refractivity contribution in [1.82, 2.24) is 10.2 Å². The minimum absolute atomic E-state index is 0.428. The molecule has 0 fully saturated rings. The Labute approximate surface area is 99.7 Å². The Balaban J connectivity index is 2.71. The molecule has 0 aromatic heterocycles. The predicted molar refractivity (Wildman–Crippen MR) is 70.8 cm³/mol. The third kappa shape index (κ3) is 3.62. The van der Waals surface area contributed by atoms with E-state index in [1.54, 1.807) is 0 Å². The third-order valence-electron chi connectivity index (χ3n) is 3.01. The first-order valence-electron chi connectivity index (χ1n) is 6.10. The van der Waals surface area contributed by atoms with Crippen molar-refractivity contribution in [3.05, 3.63) is 35.4 Å². The highest BCUT2D eigenvalue weighted by Gasteiger charge is 2.12. The summed E-state index contributed by atoms with van der Waals surface area (Å²) in [6.07, 6.45) is 1.21. The second-order valence-corrected chi connectivity index (χ2v) is 4.46. The van der Waals surface area contributed by atoms with E-state index in [2.05, 4.69) is 55.4 Å². The Morgan fingerprint density at radius 2 is 2.00 bits per heavy atom. The molecular formula is C14H24N2. The highest BCUT2D eigenvalue weighted by molar-refractivity contribution is 5.28. The molecule has 16 heavy (non-hydrogen) atoms. The molecule has 2 nitrogen and oxygen atoms in total. The van der Waals surface area contributed by atoms with Gasteiger partial charge in [-0.15, -0.1) is 0 Å². The van der Waals surface area contributed by atoms with Gasteiger partial charge in [-0.1, -0.05) is 31.2 Å². The molecule has 90 valence electrons. The van der Waals surface area contributed by atoms with E-state index in [1.807, 2.05) is 7.05 Å². The molecule has 0 saturated carbocycles. The Bertz CT molecular complexity index is 309. The maximum atomic E-state index is 3.41. The first kappa shape index (κ1) is 13.2. The highest BCUT2D eigenvalue weighted by atomic mass is 15.1. The van der Waals surface area contributed by atoms with Crippen molar-refractivity contribution in [3.8, 4) is 0 Å². The molecule has 1 N–H and O–H groups in total. The van der Waals surface area contributed by atoms with Crippen molar-refractivity contribution in [2.45, 2.75) is 26.3 Å². The van der Waals surface area contributed by atoms with Crippen LogP contribution >= 0.6 is 0 Å². The number of aryl methyl sites for hydroxylation is 1. The van der Waals surface area contributed by atoms with Crippen LogP contribution in [0.25, 0.3) is 0 Å². The lowest BCUT2D eigenvalue weighted by atomic mass is 10.0. The number of nitrogens with zero attached hydrogens (tertiary/aromatic N) is 1. The van der Waals surface area contributed by atoms with Crippen molar-refractivity contribution < 1.29 is 0 Å². The van der Waals surface area contributed by atoms with Crippen molar-refractivity contribution in [2.24, 2.45) is 0 Å². The summed E-state index contributed by atoms with van der Waals surface area (Å²) in [7, 11) is 4.23. The molecule has 2 heteroatoms. The number of nitrogens with one attached hydrogen (secondary N) is 1. The molecular weight excluding hydrogens is 196 g/mol. The molecule has 1 rings (SSSR count). The molecule has 1 unspecified atom stereocenters. The summed E-state index contributed by atoms with van der Waals surface area (Å²) in [5.74, 6) is 0. The second kappa shape index (κ2) is 6.66. The van der Waals surface area contributed by atoms with Crippen LogP contribution in [0.4, 0.5) is 0 Å². The van der Waals surface area contributed by atoms with Gasteiger partial charge < -0.3 is 10.2 Å². The van der Waals surface area contributed by atoms with Gasteiger partial charge in [-0.3, -0.25) is 0 Å². The van der Waals surface area contributed by atoms with E-state index in [0.717, 1.165) is 13.1 Å². The Hall–Kier alpha value is -0.860. The molecule has 0 radical (unpaired) electrons. The molecule has 0 heterocycles. The van der Waals surface area contributed by atoms with Crippen LogP contribution in [0.3, 0.4) is 0 Å². The largest absolute Gasteiger partial charge is 0.312 e. The zero-order valence-corrected chi connectivity index (χ0v) is 11.0. The van der Waals surface area contributed by atoms with Crippen LogP contribution in [-0.2, 0) is 0 Å². The Kier molecular flexibility index (Phi) is 5.50. The fourth-order valence-corrected chi connectivity index (χ4v) is 2.11. The van der Waals surface area contributed by atoms with Crippen molar-refractivity contribution in [2.75, 3.05) is 27.2 Å². The molecule has 0 bridgehead atoms. The number of hydrogen-bond acceptors (Lipinski definition) is 2. The molecule has 0 aliphatic rings. The SMILES string of the molecule is CCCN(C)CC(NC)c1ccccc1C. The molecule has 0 aliphatic carbocycles. The lowest BCUT2D eigenvalue weighted by Crippen LogP contribution is -2.32. The summed E-state index contributed by atoms with van der Waals surface area (Å²) in [6.45, 7) is 6.62. The first-order chi connectivity index (χ1) is 7.69. The summed E-state index contributed by atoms with van der Waals surface area (Å²) >= 11 is 0. The van der Waals surface area contributed by atoms with Gasteiger partial charge in [0.15, 0.2) is 0 Å². The van der Waals surface area contributed by atoms with Gasteiger partial charge in [0.05, 0.1) is 0 Å². The molecule has 0 saturated heterocycles. The number of rotatable bonds is 6. The maximum absolute atomic E-state index is 3.41. The summed E-state index contributed by atoms with van der Waals surface area (Å²) < 4.78 is 0. The van der Waals surface area contributed by atoms with Crippen molar-refractivity contribution in [1.29, 1.82) is 0 Å². The van der Waals surface area contributed by atoms with Crippen LogP contribution in [0.15, 0.2) is 24.3 Å². The van der Waals surface area contributed by atoms with Gasteiger partial charge in [0.1, 0.15) is 0 Å². The number of hydrogen-bond donors (Lipinski definition) is 1. The van der Waals surface area contributed by atoms with Gasteiger partial charge in [-0.05, 0) is 45.1 Å². The van der Waals surface area contributed by atoms with E-state index >= 15 is 0 Å². The van der Waals surface area contributed by atoms with Crippen LogP contribution in [0.1, 0.15) is 30.5 Å². The van der Waals surface area contributed by atoms with E-state index in [-0.39, 0.29) is 0 Å². The van der Waals surface area contributed by atoms with Gasteiger partial charge in [0.2, 0.25) is 0 Å². The van der Waals surface area contributed by atoms with Crippen LogP contribution in [0.2, 0.25) is 0 Å². The fraction of sp³-hybridized carbons (Fsp3) is 0.571. The van der Waals surface area contributed by atoms with E-state index in [9.17, 15) is 0 Å². The van der Waals surface area contributed by atoms with Gasteiger partial charge in [-0.25, -0.2) is 0 Å². The van der Waals surface area contributed by atoms with E-state index < -0.39 is 0 Å². The van der Waals surface area contributed by atoms with E-state index in [0.29, 0.717) is 6.04 Å². The molecule has 0 spiro atoms. The second-order valence-electron chi connectivity index (χ2n) is 4.46. The zero-order chi connectivity index (χ0) is 12.0. The van der Waals surface area contributed by atoms with E-state index in [1.165, 1.54) is 17.5 Å². The van der Waals surface area contributed by atoms with Crippen LogP contribution in [0.5, 0.6) is 0 Å². The van der Waals surface area contributed by atoms with Crippen molar-refractivity contribution in [3.63, 3.8) is 0 Å². The molecule has 1 atom stereocenters. The quantitative estimate of drug-likeness (QED) is 0.792. The summed E-state index contributed by atoms with van der Waals surface area (Å²) in [5.41, 5.74) is 2.78. The lowest BCUT2D eigenvalue weighted by Gasteiger charge is -2.25. The van der Waals surface area contributed by atoms with Crippen LogP contribution in [0, 0.1) is 6.92 Å². The van der Waals surface area contributed by atoms with Gasteiger partial charge in [0.25, 0.3) is 0 Å². The highest BCUT2D eigenvalue weighted by Crippen LogP contribution is 2.17. The monoisotopic (exact) mass is 220 g/mol. The summed E-state index contributed by atoms with van der Waals surface area (Å²) in [5, 5.41) is 3.41. The fourth-order valence-electron chi connectivity index (χ4n) is 2.11. The minimum atomic E-state index is 0.428. The normalized spacial score (nSPS) is 13.1. The summed E-state index contributed by atoms with van der Waals surface area (Å²) in [4.78, 5) is 2.38. The Morgan fingerprint density at radius 1 is 1.31 bits per heavy atom. The molecule has 0 amide bonds.